The third kappa shape index (κ3) is 2.63. The number of nitrogens with zero attached hydrogens (tertiary/aromatic N) is 1. The second-order valence-electron chi connectivity index (χ2n) is 4.49. The Morgan fingerprint density at radius 1 is 1.42 bits per heavy atom. The highest BCUT2D eigenvalue weighted by atomic mass is 16.6. The van der Waals surface area contributed by atoms with E-state index in [0.717, 1.165) is 18.7 Å². The van der Waals surface area contributed by atoms with Crippen molar-refractivity contribution in [3.63, 3.8) is 0 Å². The van der Waals surface area contributed by atoms with Crippen LogP contribution in [0.3, 0.4) is 0 Å². The Bertz CT molecular complexity index is 572. The van der Waals surface area contributed by atoms with Gasteiger partial charge in [0.25, 0.3) is 11.6 Å². The molecule has 1 aliphatic rings. The molecular weight excluding hydrogens is 246 g/mol. The van der Waals surface area contributed by atoms with Crippen molar-refractivity contribution in [2.75, 3.05) is 18.4 Å². The van der Waals surface area contributed by atoms with Crippen LogP contribution in [0.15, 0.2) is 29.3 Å². The first-order chi connectivity index (χ1) is 9.00. The molecule has 1 aromatic carbocycles. The molecule has 0 bridgehead atoms. The molecule has 2 N–H and O–H groups in total. The highest BCUT2D eigenvalue weighted by Crippen LogP contribution is 2.25. The van der Waals surface area contributed by atoms with Gasteiger partial charge < -0.3 is 10.6 Å². The summed E-state index contributed by atoms with van der Waals surface area (Å²) in [4.78, 5) is 22.4. The molecular formula is C13H15N3O3. The van der Waals surface area contributed by atoms with E-state index in [0.29, 0.717) is 16.8 Å². The van der Waals surface area contributed by atoms with Gasteiger partial charge in [0.15, 0.2) is 0 Å². The zero-order valence-electron chi connectivity index (χ0n) is 10.8. The molecule has 1 heterocycles. The van der Waals surface area contributed by atoms with Crippen LogP contribution >= 0.6 is 0 Å². The smallest absolute Gasteiger partial charge is 0.274 e. The van der Waals surface area contributed by atoms with E-state index in [-0.39, 0.29) is 11.6 Å². The maximum Gasteiger partial charge on any atom is 0.274 e. The van der Waals surface area contributed by atoms with Gasteiger partial charge in [-0.1, -0.05) is 6.07 Å². The van der Waals surface area contributed by atoms with Crippen LogP contribution in [0.1, 0.15) is 12.5 Å². The predicted molar refractivity (Wildman–Crippen MR) is 72.0 cm³/mol. The van der Waals surface area contributed by atoms with Crippen molar-refractivity contribution in [2.24, 2.45) is 0 Å². The molecule has 2 rings (SSSR count). The van der Waals surface area contributed by atoms with Gasteiger partial charge in [0, 0.05) is 24.7 Å². The molecule has 1 saturated heterocycles. The Morgan fingerprint density at radius 2 is 2.11 bits per heavy atom. The van der Waals surface area contributed by atoms with E-state index in [2.05, 4.69) is 10.6 Å². The molecule has 6 nitrogen and oxygen atoms in total. The predicted octanol–water partition coefficient (Wildman–Crippen LogP) is 1.76. The highest BCUT2D eigenvalue weighted by molar-refractivity contribution is 6.04. The first kappa shape index (κ1) is 13.2. The molecule has 100 valence electrons. The lowest BCUT2D eigenvalue weighted by atomic mass is 10.0. The van der Waals surface area contributed by atoms with Crippen molar-refractivity contribution in [1.82, 2.24) is 5.32 Å². The lowest BCUT2D eigenvalue weighted by Crippen LogP contribution is -2.36. The summed E-state index contributed by atoms with van der Waals surface area (Å²) in [6.07, 6.45) is 0. The van der Waals surface area contributed by atoms with E-state index in [1.807, 2.05) is 0 Å². The van der Waals surface area contributed by atoms with E-state index in [1.54, 1.807) is 26.0 Å². The molecule has 0 aliphatic carbocycles. The minimum absolute atomic E-state index is 0.00779. The topological polar surface area (TPSA) is 84.3 Å². The number of hydrogen-bond acceptors (Lipinski definition) is 4. The van der Waals surface area contributed by atoms with Crippen molar-refractivity contribution in [3.05, 3.63) is 45.0 Å². The lowest BCUT2D eigenvalue weighted by molar-refractivity contribution is -0.385. The van der Waals surface area contributed by atoms with Crippen LogP contribution in [0, 0.1) is 17.0 Å². The van der Waals surface area contributed by atoms with Gasteiger partial charge in [-0.05, 0) is 25.5 Å². The standard InChI is InChI=1S/C13H15N3O3/c1-8(10-6-14-7-10)13(17)15-11-4-3-5-12(9(11)2)16(18)19/h3-5,14H,6-7H2,1-2H3,(H,15,17). The second kappa shape index (κ2) is 5.19. The zero-order chi connectivity index (χ0) is 14.0. The molecule has 1 aromatic rings. The van der Waals surface area contributed by atoms with E-state index < -0.39 is 4.92 Å². The number of amides is 1. The number of hydrogen-bond donors (Lipinski definition) is 2. The van der Waals surface area contributed by atoms with Crippen LogP contribution in [-0.4, -0.2) is 23.9 Å². The number of carbonyl (C=O) groups excluding carboxylic acids is 1. The number of anilines is 1. The second-order valence-corrected chi connectivity index (χ2v) is 4.49. The molecule has 1 fully saturated rings. The number of carbonyl (C=O) groups is 1. The fourth-order valence-corrected chi connectivity index (χ4v) is 1.85. The number of rotatable bonds is 3. The van der Waals surface area contributed by atoms with Gasteiger partial charge >= 0.3 is 0 Å². The third-order valence-electron chi connectivity index (χ3n) is 3.30. The summed E-state index contributed by atoms with van der Waals surface area (Å²) in [6, 6.07) is 4.65. The highest BCUT2D eigenvalue weighted by Gasteiger charge is 2.18. The van der Waals surface area contributed by atoms with E-state index in [4.69, 9.17) is 0 Å². The van der Waals surface area contributed by atoms with E-state index >= 15 is 0 Å². The fraction of sp³-hybridized carbons (Fsp3) is 0.308. The number of nitro groups is 1. The van der Waals surface area contributed by atoms with Gasteiger partial charge in [0.1, 0.15) is 0 Å². The van der Waals surface area contributed by atoms with Crippen LogP contribution in [0.5, 0.6) is 0 Å². The Morgan fingerprint density at radius 3 is 2.63 bits per heavy atom. The lowest BCUT2D eigenvalue weighted by Gasteiger charge is -2.21. The molecule has 19 heavy (non-hydrogen) atoms. The summed E-state index contributed by atoms with van der Waals surface area (Å²) in [5.41, 5.74) is 2.69. The number of benzene rings is 1. The zero-order valence-corrected chi connectivity index (χ0v) is 10.8. The van der Waals surface area contributed by atoms with Crippen LogP contribution in [0.4, 0.5) is 11.4 Å². The third-order valence-corrected chi connectivity index (χ3v) is 3.30. The Balaban J connectivity index is 2.22. The SMILES string of the molecule is CC(C(=O)Nc1cccc([N+](=O)[O-])c1C)=C1CNC1. The van der Waals surface area contributed by atoms with Gasteiger partial charge in [-0.2, -0.15) is 0 Å². The molecule has 0 aromatic heterocycles. The summed E-state index contributed by atoms with van der Waals surface area (Å²) < 4.78 is 0. The van der Waals surface area contributed by atoms with Crippen LogP contribution in [0.25, 0.3) is 0 Å². The van der Waals surface area contributed by atoms with Crippen molar-refractivity contribution in [3.8, 4) is 0 Å². The van der Waals surface area contributed by atoms with Crippen molar-refractivity contribution in [1.29, 1.82) is 0 Å². The fourth-order valence-electron chi connectivity index (χ4n) is 1.85. The van der Waals surface area contributed by atoms with Gasteiger partial charge in [-0.15, -0.1) is 0 Å². The van der Waals surface area contributed by atoms with E-state index in [1.165, 1.54) is 6.07 Å². The molecule has 0 spiro atoms. The Hall–Kier alpha value is -2.21. The molecule has 6 heteroatoms. The number of nitrogens with one attached hydrogen (secondary N) is 2. The molecule has 0 saturated carbocycles. The van der Waals surface area contributed by atoms with Crippen LogP contribution < -0.4 is 10.6 Å². The monoisotopic (exact) mass is 261 g/mol. The van der Waals surface area contributed by atoms with Gasteiger partial charge in [-0.25, -0.2) is 0 Å². The van der Waals surface area contributed by atoms with E-state index in [9.17, 15) is 14.9 Å². The van der Waals surface area contributed by atoms with Crippen LogP contribution in [-0.2, 0) is 4.79 Å². The number of nitro benzene ring substituents is 1. The maximum atomic E-state index is 12.0. The minimum Gasteiger partial charge on any atom is -0.322 e. The summed E-state index contributed by atoms with van der Waals surface area (Å²) in [5.74, 6) is -0.208. The summed E-state index contributed by atoms with van der Waals surface area (Å²) >= 11 is 0. The summed E-state index contributed by atoms with van der Waals surface area (Å²) in [5, 5.41) is 16.6. The Labute approximate surface area is 110 Å². The summed E-state index contributed by atoms with van der Waals surface area (Å²) in [6.45, 7) is 4.85. The first-order valence-electron chi connectivity index (χ1n) is 5.95. The Kier molecular flexibility index (Phi) is 3.62. The molecule has 0 atom stereocenters. The van der Waals surface area contributed by atoms with Crippen molar-refractivity contribution in [2.45, 2.75) is 13.8 Å². The minimum atomic E-state index is -0.452. The molecule has 0 unspecified atom stereocenters. The van der Waals surface area contributed by atoms with Crippen LogP contribution in [0.2, 0.25) is 0 Å². The van der Waals surface area contributed by atoms with Crippen molar-refractivity contribution < 1.29 is 9.72 Å². The van der Waals surface area contributed by atoms with Gasteiger partial charge in [-0.3, -0.25) is 14.9 Å². The molecule has 1 amide bonds. The first-order valence-corrected chi connectivity index (χ1v) is 5.95. The molecule has 1 aliphatic heterocycles. The van der Waals surface area contributed by atoms with Crippen molar-refractivity contribution >= 4 is 17.3 Å². The average molecular weight is 261 g/mol. The maximum absolute atomic E-state index is 12.0. The van der Waals surface area contributed by atoms with Gasteiger partial charge in [0.05, 0.1) is 16.2 Å². The quantitative estimate of drug-likeness (QED) is 0.493. The largest absolute Gasteiger partial charge is 0.322 e. The normalized spacial score (nSPS) is 13.7. The summed E-state index contributed by atoms with van der Waals surface area (Å²) in [7, 11) is 0. The molecule has 0 radical (unpaired) electrons. The average Bonchev–Trinajstić information content (AvgIpc) is 2.29. The van der Waals surface area contributed by atoms with Gasteiger partial charge in [0.2, 0.25) is 0 Å².